The maximum Gasteiger partial charge on any atom is 0.0637 e. The lowest BCUT2D eigenvalue weighted by Gasteiger charge is -1.97. The molecule has 0 spiro atoms. The van der Waals surface area contributed by atoms with Crippen LogP contribution in [0.5, 0.6) is 0 Å². The standard InChI is InChI=1S/C24H17N5/c1-3-23-21(13-19(1)27-15-17-5-9-25-10-6-17)22-14-20(2-4-24(22)29-23)28-16-18-7-11-26-12-8-18/h1-16,29H. The second kappa shape index (κ2) is 7.48. The zero-order valence-electron chi connectivity index (χ0n) is 15.5. The molecule has 0 atom stereocenters. The molecule has 0 bridgehead atoms. The normalized spacial score (nSPS) is 11.9. The van der Waals surface area contributed by atoms with Crippen LogP contribution >= 0.6 is 0 Å². The molecule has 29 heavy (non-hydrogen) atoms. The molecule has 0 saturated heterocycles. The van der Waals surface area contributed by atoms with Crippen LogP contribution in [0.1, 0.15) is 11.1 Å². The maximum absolute atomic E-state index is 4.61. The van der Waals surface area contributed by atoms with E-state index in [1.54, 1.807) is 24.8 Å². The third-order valence-corrected chi connectivity index (χ3v) is 4.70. The summed E-state index contributed by atoms with van der Waals surface area (Å²) in [5.74, 6) is 0. The summed E-state index contributed by atoms with van der Waals surface area (Å²) in [6.45, 7) is 0. The predicted molar refractivity (Wildman–Crippen MR) is 119 cm³/mol. The predicted octanol–water partition coefficient (Wildman–Crippen LogP) is 5.61. The molecule has 0 aliphatic carbocycles. The fraction of sp³-hybridized carbons (Fsp3) is 0. The zero-order valence-corrected chi connectivity index (χ0v) is 15.5. The van der Waals surface area contributed by atoms with Crippen LogP contribution in [0.2, 0.25) is 0 Å². The van der Waals surface area contributed by atoms with Gasteiger partial charge in [-0.15, -0.1) is 0 Å². The van der Waals surface area contributed by atoms with Crippen molar-refractivity contribution in [1.29, 1.82) is 0 Å². The van der Waals surface area contributed by atoms with Gasteiger partial charge in [-0.3, -0.25) is 20.0 Å². The Morgan fingerprint density at radius 1 is 0.586 bits per heavy atom. The van der Waals surface area contributed by atoms with Crippen LogP contribution in [0.15, 0.2) is 95.4 Å². The lowest BCUT2D eigenvalue weighted by Crippen LogP contribution is -1.80. The number of nitrogens with one attached hydrogen (secondary N) is 1. The fourth-order valence-electron chi connectivity index (χ4n) is 3.23. The van der Waals surface area contributed by atoms with Crippen LogP contribution in [0.4, 0.5) is 11.4 Å². The highest BCUT2D eigenvalue weighted by Gasteiger charge is 2.06. The molecule has 5 nitrogen and oxygen atoms in total. The number of pyridine rings is 2. The molecule has 5 aromatic rings. The number of hydrogen-bond acceptors (Lipinski definition) is 4. The minimum absolute atomic E-state index is 0.904. The Kier molecular flexibility index (Phi) is 4.39. The van der Waals surface area contributed by atoms with Crippen LogP contribution in [0, 0.1) is 0 Å². The molecule has 0 aliphatic rings. The summed E-state index contributed by atoms with van der Waals surface area (Å²) in [6.07, 6.45) is 10.7. The lowest BCUT2D eigenvalue weighted by atomic mass is 10.1. The number of aromatic amines is 1. The number of benzene rings is 2. The summed E-state index contributed by atoms with van der Waals surface area (Å²) in [5, 5.41) is 2.26. The Balaban J connectivity index is 1.51. The van der Waals surface area contributed by atoms with Crippen molar-refractivity contribution in [2.45, 2.75) is 0 Å². The summed E-state index contributed by atoms with van der Waals surface area (Å²) in [4.78, 5) is 20.7. The highest BCUT2D eigenvalue weighted by molar-refractivity contribution is 6.09. The van der Waals surface area contributed by atoms with E-state index in [0.717, 1.165) is 44.3 Å². The van der Waals surface area contributed by atoms with Crippen molar-refractivity contribution in [3.63, 3.8) is 0 Å². The van der Waals surface area contributed by atoms with Gasteiger partial charge in [0.2, 0.25) is 0 Å². The highest BCUT2D eigenvalue weighted by atomic mass is 14.7. The van der Waals surface area contributed by atoms with Gasteiger partial charge in [0.1, 0.15) is 0 Å². The van der Waals surface area contributed by atoms with Gasteiger partial charge in [-0.2, -0.15) is 0 Å². The number of fused-ring (bicyclic) bond motifs is 3. The number of hydrogen-bond donors (Lipinski definition) is 1. The topological polar surface area (TPSA) is 66.3 Å². The maximum atomic E-state index is 4.61. The van der Waals surface area contributed by atoms with E-state index in [9.17, 15) is 0 Å². The van der Waals surface area contributed by atoms with Crippen molar-refractivity contribution in [3.05, 3.63) is 96.6 Å². The Morgan fingerprint density at radius 3 is 1.48 bits per heavy atom. The molecule has 3 aromatic heterocycles. The lowest BCUT2D eigenvalue weighted by molar-refractivity contribution is 1.32. The van der Waals surface area contributed by atoms with Crippen molar-refractivity contribution in [1.82, 2.24) is 15.0 Å². The van der Waals surface area contributed by atoms with Crippen molar-refractivity contribution in [2.24, 2.45) is 9.98 Å². The molecule has 1 N–H and O–H groups in total. The highest BCUT2D eigenvalue weighted by Crippen LogP contribution is 2.31. The van der Waals surface area contributed by atoms with E-state index in [0.29, 0.717) is 0 Å². The molecule has 2 aromatic carbocycles. The fourth-order valence-corrected chi connectivity index (χ4v) is 3.23. The van der Waals surface area contributed by atoms with Gasteiger partial charge in [0.25, 0.3) is 0 Å². The van der Waals surface area contributed by atoms with E-state index in [1.165, 1.54) is 0 Å². The van der Waals surface area contributed by atoms with Crippen molar-refractivity contribution >= 4 is 45.6 Å². The van der Waals surface area contributed by atoms with Gasteiger partial charge in [-0.25, -0.2) is 0 Å². The summed E-state index contributed by atoms with van der Waals surface area (Å²) in [5.41, 5.74) is 6.01. The monoisotopic (exact) mass is 375 g/mol. The second-order valence-corrected chi connectivity index (χ2v) is 6.66. The van der Waals surface area contributed by atoms with Gasteiger partial charge in [-0.05, 0) is 71.8 Å². The minimum atomic E-state index is 0.904. The number of H-pyrrole nitrogens is 1. The summed E-state index contributed by atoms with van der Waals surface area (Å²) in [6, 6.07) is 20.1. The van der Waals surface area contributed by atoms with Crippen LogP contribution in [-0.2, 0) is 0 Å². The van der Waals surface area contributed by atoms with Crippen LogP contribution in [-0.4, -0.2) is 27.4 Å². The number of aliphatic imine (C=N–C) groups is 2. The zero-order chi connectivity index (χ0) is 19.5. The van der Waals surface area contributed by atoms with E-state index in [1.807, 2.05) is 48.8 Å². The van der Waals surface area contributed by atoms with Crippen molar-refractivity contribution in [2.75, 3.05) is 0 Å². The average molecular weight is 375 g/mol. The summed E-state index contributed by atoms with van der Waals surface area (Å²) >= 11 is 0. The van der Waals surface area contributed by atoms with Gasteiger partial charge in [-0.1, -0.05) is 0 Å². The van der Waals surface area contributed by atoms with Gasteiger partial charge >= 0.3 is 0 Å². The first kappa shape index (κ1) is 17.0. The molecule has 0 unspecified atom stereocenters. The third-order valence-electron chi connectivity index (χ3n) is 4.70. The Bertz CT molecular complexity index is 1230. The Morgan fingerprint density at radius 2 is 1.03 bits per heavy atom. The van der Waals surface area contributed by atoms with Crippen LogP contribution in [0.25, 0.3) is 21.8 Å². The Labute approximate surface area is 167 Å². The van der Waals surface area contributed by atoms with Gasteiger partial charge in [0, 0.05) is 59.0 Å². The first-order valence-corrected chi connectivity index (χ1v) is 9.29. The molecule has 5 rings (SSSR count). The van der Waals surface area contributed by atoms with Gasteiger partial charge < -0.3 is 4.98 Å². The number of aromatic nitrogens is 3. The first-order chi connectivity index (χ1) is 14.3. The Hall–Kier alpha value is -4.12. The number of rotatable bonds is 4. The number of nitrogens with zero attached hydrogens (tertiary/aromatic N) is 4. The molecule has 0 amide bonds. The van der Waals surface area contributed by atoms with E-state index in [2.05, 4.69) is 49.2 Å². The van der Waals surface area contributed by atoms with Crippen LogP contribution in [0.3, 0.4) is 0 Å². The quantitative estimate of drug-likeness (QED) is 0.415. The van der Waals surface area contributed by atoms with Crippen molar-refractivity contribution in [3.8, 4) is 0 Å². The van der Waals surface area contributed by atoms with Crippen LogP contribution < -0.4 is 0 Å². The van der Waals surface area contributed by atoms with Crippen molar-refractivity contribution < 1.29 is 0 Å². The SMILES string of the molecule is C(=Nc1ccc2[nH]c3ccc(N=Cc4ccncc4)cc3c2c1)c1ccncc1. The molecule has 0 aliphatic heterocycles. The van der Waals surface area contributed by atoms with E-state index in [-0.39, 0.29) is 0 Å². The van der Waals surface area contributed by atoms with Gasteiger partial charge in [0.15, 0.2) is 0 Å². The van der Waals surface area contributed by atoms with Gasteiger partial charge in [0.05, 0.1) is 11.4 Å². The molecule has 0 radical (unpaired) electrons. The summed E-state index contributed by atoms with van der Waals surface area (Å²) in [7, 11) is 0. The molecule has 138 valence electrons. The smallest absolute Gasteiger partial charge is 0.0637 e. The first-order valence-electron chi connectivity index (χ1n) is 9.29. The molecule has 5 heteroatoms. The van der Waals surface area contributed by atoms with E-state index < -0.39 is 0 Å². The molecule has 3 heterocycles. The average Bonchev–Trinajstić information content (AvgIpc) is 3.15. The molecular weight excluding hydrogens is 358 g/mol. The molecule has 0 fully saturated rings. The van der Waals surface area contributed by atoms with E-state index >= 15 is 0 Å². The summed E-state index contributed by atoms with van der Waals surface area (Å²) < 4.78 is 0. The largest absolute Gasteiger partial charge is 0.355 e. The third kappa shape index (κ3) is 3.66. The minimum Gasteiger partial charge on any atom is -0.355 e. The second-order valence-electron chi connectivity index (χ2n) is 6.66. The molecular formula is C24H17N5. The molecule has 0 saturated carbocycles. The van der Waals surface area contributed by atoms with E-state index in [4.69, 9.17) is 0 Å².